The van der Waals surface area contributed by atoms with E-state index in [1.165, 1.54) is 0 Å². The Morgan fingerprint density at radius 1 is 1.47 bits per heavy atom. The topological polar surface area (TPSA) is 43.8 Å². The van der Waals surface area contributed by atoms with Gasteiger partial charge in [-0.05, 0) is 52.6 Å². The van der Waals surface area contributed by atoms with Gasteiger partial charge >= 0.3 is 0 Å². The van der Waals surface area contributed by atoms with E-state index < -0.39 is 0 Å². The Kier molecular flexibility index (Phi) is 6.52. The van der Waals surface area contributed by atoms with Crippen molar-refractivity contribution >= 4 is 5.91 Å². The number of amides is 1. The van der Waals surface area contributed by atoms with E-state index in [-0.39, 0.29) is 12.0 Å². The minimum atomic E-state index is -0.228. The summed E-state index contributed by atoms with van der Waals surface area (Å²) in [6.45, 7) is 13.4. The lowest BCUT2D eigenvalue weighted by atomic mass is 9.92. The number of aliphatic hydroxyl groups excluding tert-OH is 1. The minimum Gasteiger partial charge on any atom is -0.393 e. The van der Waals surface area contributed by atoms with Crippen LogP contribution in [0.1, 0.15) is 33.6 Å². The van der Waals surface area contributed by atoms with Gasteiger partial charge in [-0.3, -0.25) is 9.69 Å². The maximum absolute atomic E-state index is 12.2. The van der Waals surface area contributed by atoms with E-state index in [1.54, 1.807) is 0 Å². The molecule has 1 fully saturated rings. The van der Waals surface area contributed by atoms with Gasteiger partial charge in [-0.1, -0.05) is 12.2 Å². The molecule has 0 aromatic carbocycles. The molecule has 0 aliphatic carbocycles. The molecule has 0 aromatic heterocycles. The highest BCUT2D eigenvalue weighted by Crippen LogP contribution is 2.20. The smallest absolute Gasteiger partial charge is 0.237 e. The van der Waals surface area contributed by atoms with E-state index in [1.807, 2.05) is 25.7 Å². The number of aliphatic hydroxyl groups is 1. The predicted molar refractivity (Wildman–Crippen MR) is 77.9 cm³/mol. The Labute approximate surface area is 117 Å². The number of rotatable bonds is 6. The molecular weight excluding hydrogens is 240 g/mol. The van der Waals surface area contributed by atoms with Crippen LogP contribution in [0.5, 0.6) is 0 Å². The van der Waals surface area contributed by atoms with Crippen LogP contribution in [0.3, 0.4) is 0 Å². The van der Waals surface area contributed by atoms with Gasteiger partial charge < -0.3 is 10.0 Å². The van der Waals surface area contributed by atoms with Gasteiger partial charge in [-0.15, -0.1) is 0 Å². The van der Waals surface area contributed by atoms with Gasteiger partial charge in [-0.25, -0.2) is 0 Å². The van der Waals surface area contributed by atoms with Gasteiger partial charge in [0.05, 0.1) is 12.6 Å². The molecule has 110 valence electrons. The highest BCUT2D eigenvalue weighted by molar-refractivity contribution is 5.78. The van der Waals surface area contributed by atoms with Crippen molar-refractivity contribution in [3.63, 3.8) is 0 Å². The van der Waals surface area contributed by atoms with Crippen molar-refractivity contribution < 1.29 is 9.90 Å². The van der Waals surface area contributed by atoms with Gasteiger partial charge in [0.25, 0.3) is 0 Å². The summed E-state index contributed by atoms with van der Waals surface area (Å²) in [7, 11) is 0. The quantitative estimate of drug-likeness (QED) is 0.743. The molecule has 0 aromatic rings. The lowest BCUT2D eigenvalue weighted by molar-refractivity contribution is -0.132. The number of likely N-dealkylation sites (tertiary alicyclic amines) is 1. The van der Waals surface area contributed by atoms with E-state index in [0.717, 1.165) is 38.0 Å². The maximum Gasteiger partial charge on any atom is 0.237 e. The normalized spacial score (nSPS) is 19.2. The number of nitrogens with zero attached hydrogens (tertiary/aromatic N) is 2. The molecule has 1 heterocycles. The van der Waals surface area contributed by atoms with E-state index in [2.05, 4.69) is 11.5 Å². The Morgan fingerprint density at radius 2 is 2.05 bits per heavy atom. The number of carbonyl (C=O) groups is 1. The molecule has 1 unspecified atom stereocenters. The Bertz CT molecular complexity index is 307. The highest BCUT2D eigenvalue weighted by atomic mass is 16.3. The summed E-state index contributed by atoms with van der Waals surface area (Å²) in [6.07, 6.45) is 1.74. The third-order valence-electron chi connectivity index (χ3n) is 3.87. The van der Waals surface area contributed by atoms with Gasteiger partial charge in [-0.2, -0.15) is 0 Å². The van der Waals surface area contributed by atoms with E-state index in [9.17, 15) is 9.90 Å². The molecule has 1 amide bonds. The molecular formula is C15H28N2O2. The molecule has 1 aliphatic heterocycles. The third kappa shape index (κ3) is 5.33. The molecule has 4 nitrogen and oxygen atoms in total. The lowest BCUT2D eigenvalue weighted by Crippen LogP contribution is -2.44. The van der Waals surface area contributed by atoms with Crippen molar-refractivity contribution in [1.82, 2.24) is 9.80 Å². The molecule has 0 saturated carbocycles. The zero-order valence-electron chi connectivity index (χ0n) is 12.6. The molecule has 1 atom stereocenters. The summed E-state index contributed by atoms with van der Waals surface area (Å²) >= 11 is 0. The zero-order valence-corrected chi connectivity index (χ0v) is 12.6. The largest absolute Gasteiger partial charge is 0.393 e. The van der Waals surface area contributed by atoms with E-state index in [4.69, 9.17) is 0 Å². The second kappa shape index (κ2) is 7.65. The zero-order chi connectivity index (χ0) is 14.4. The summed E-state index contributed by atoms with van der Waals surface area (Å²) in [5, 5.41) is 9.57. The van der Waals surface area contributed by atoms with E-state index >= 15 is 0 Å². The van der Waals surface area contributed by atoms with Gasteiger partial charge in [0.1, 0.15) is 0 Å². The van der Waals surface area contributed by atoms with Gasteiger partial charge in [0.2, 0.25) is 5.91 Å². The first-order valence-corrected chi connectivity index (χ1v) is 7.26. The molecule has 1 rings (SSSR count). The number of hydrogen-bond donors (Lipinski definition) is 1. The first-order chi connectivity index (χ1) is 8.93. The van der Waals surface area contributed by atoms with Crippen LogP contribution >= 0.6 is 0 Å². The summed E-state index contributed by atoms with van der Waals surface area (Å²) < 4.78 is 0. The van der Waals surface area contributed by atoms with Crippen molar-refractivity contribution in [2.75, 3.05) is 32.7 Å². The fraction of sp³-hybridized carbons (Fsp3) is 0.800. The van der Waals surface area contributed by atoms with E-state index in [0.29, 0.717) is 19.0 Å². The molecule has 1 N–H and O–H groups in total. The second-order valence-corrected chi connectivity index (χ2v) is 5.72. The minimum absolute atomic E-state index is 0.181. The molecule has 1 aliphatic rings. The Balaban J connectivity index is 2.39. The first kappa shape index (κ1) is 16.2. The van der Waals surface area contributed by atoms with Crippen LogP contribution in [0.4, 0.5) is 0 Å². The van der Waals surface area contributed by atoms with Crippen molar-refractivity contribution in [3.8, 4) is 0 Å². The van der Waals surface area contributed by atoms with Crippen LogP contribution in [0.2, 0.25) is 0 Å². The summed E-state index contributed by atoms with van der Waals surface area (Å²) in [5.74, 6) is 0.574. The predicted octanol–water partition coefficient (Wildman–Crippen LogP) is 1.50. The molecule has 4 heteroatoms. The number of carbonyl (C=O) groups excluding carboxylic acids is 1. The second-order valence-electron chi connectivity index (χ2n) is 5.72. The third-order valence-corrected chi connectivity index (χ3v) is 3.87. The van der Waals surface area contributed by atoms with Crippen LogP contribution in [-0.4, -0.2) is 59.6 Å². The summed E-state index contributed by atoms with van der Waals surface area (Å²) in [6, 6.07) is 0. The van der Waals surface area contributed by atoms with Crippen molar-refractivity contribution in [3.05, 3.63) is 12.2 Å². The summed E-state index contributed by atoms with van der Waals surface area (Å²) in [4.78, 5) is 16.2. The fourth-order valence-electron chi connectivity index (χ4n) is 2.59. The molecule has 0 spiro atoms. The monoisotopic (exact) mass is 268 g/mol. The molecule has 0 bridgehead atoms. The fourth-order valence-corrected chi connectivity index (χ4v) is 2.59. The van der Waals surface area contributed by atoms with Crippen LogP contribution < -0.4 is 0 Å². The number of likely N-dealkylation sites (N-methyl/N-ethyl adjacent to an activating group) is 1. The molecule has 0 radical (unpaired) electrons. The summed E-state index contributed by atoms with van der Waals surface area (Å²) in [5.41, 5.74) is 1.02. The SMILES string of the molecule is C=C(C)CN(CC)C(=O)CN1CCC(C(C)O)CC1. The highest BCUT2D eigenvalue weighted by Gasteiger charge is 2.24. The molecule has 19 heavy (non-hydrogen) atoms. The van der Waals surface area contributed by atoms with Crippen molar-refractivity contribution in [2.45, 2.75) is 39.7 Å². The van der Waals surface area contributed by atoms with Gasteiger partial charge in [0, 0.05) is 13.1 Å². The van der Waals surface area contributed by atoms with Gasteiger partial charge in [0.15, 0.2) is 0 Å². The van der Waals surface area contributed by atoms with Crippen LogP contribution in [0.25, 0.3) is 0 Å². The average molecular weight is 268 g/mol. The van der Waals surface area contributed by atoms with Crippen LogP contribution in [0.15, 0.2) is 12.2 Å². The number of hydrogen-bond acceptors (Lipinski definition) is 3. The van der Waals surface area contributed by atoms with Crippen molar-refractivity contribution in [1.29, 1.82) is 0 Å². The van der Waals surface area contributed by atoms with Crippen molar-refractivity contribution in [2.24, 2.45) is 5.92 Å². The molecule has 1 saturated heterocycles. The average Bonchev–Trinajstić information content (AvgIpc) is 2.36. The van der Waals surface area contributed by atoms with Crippen LogP contribution in [-0.2, 0) is 4.79 Å². The first-order valence-electron chi connectivity index (χ1n) is 7.26. The lowest BCUT2D eigenvalue weighted by Gasteiger charge is -2.34. The number of piperidine rings is 1. The van der Waals surface area contributed by atoms with Crippen LogP contribution in [0, 0.1) is 5.92 Å². The maximum atomic E-state index is 12.2. The standard InChI is InChI=1S/C15H28N2O2/c1-5-17(10-12(2)3)15(19)11-16-8-6-14(7-9-16)13(4)18/h13-14,18H,2,5-11H2,1,3-4H3. The Morgan fingerprint density at radius 3 is 2.47 bits per heavy atom. The Hall–Kier alpha value is -0.870.